The van der Waals surface area contributed by atoms with Gasteiger partial charge in [0.1, 0.15) is 5.75 Å². The van der Waals surface area contributed by atoms with Crippen LogP contribution in [0, 0.1) is 12.8 Å². The average Bonchev–Trinajstić information content (AvgIpc) is 3.46. The Labute approximate surface area is 181 Å². The summed E-state index contributed by atoms with van der Waals surface area (Å²) in [5.74, 6) is 1.08. The lowest BCUT2D eigenvalue weighted by Crippen LogP contribution is -2.21. The number of H-pyrrole nitrogens is 1. The number of aromatic nitrogens is 4. The number of carboxylic acid groups (broad SMARTS) is 1. The molecule has 0 aliphatic carbocycles. The SMILES string of the molecule is COc1ccc(CN2C[C@@H](Cc3cc(C)[nH]n3)[C@H](O)C2)cc1Cn1cccn1.O=CO. The van der Waals surface area contributed by atoms with Crippen molar-refractivity contribution in [3.8, 4) is 5.75 Å². The van der Waals surface area contributed by atoms with Gasteiger partial charge in [-0.3, -0.25) is 19.5 Å². The molecule has 0 amide bonds. The number of carbonyl (C=O) groups is 1. The zero-order valence-electron chi connectivity index (χ0n) is 17.8. The predicted octanol–water partition coefficient (Wildman–Crippen LogP) is 1.71. The van der Waals surface area contributed by atoms with Crippen LogP contribution in [-0.4, -0.2) is 67.9 Å². The van der Waals surface area contributed by atoms with E-state index in [0.717, 1.165) is 42.2 Å². The van der Waals surface area contributed by atoms with Crippen LogP contribution in [0.5, 0.6) is 5.75 Å². The van der Waals surface area contributed by atoms with E-state index >= 15 is 0 Å². The molecule has 9 heteroatoms. The Kier molecular flexibility index (Phi) is 7.80. The molecular formula is C22H29N5O4. The van der Waals surface area contributed by atoms with Crippen LogP contribution < -0.4 is 4.74 Å². The summed E-state index contributed by atoms with van der Waals surface area (Å²) in [6, 6.07) is 10.3. The van der Waals surface area contributed by atoms with Gasteiger partial charge in [-0.1, -0.05) is 6.07 Å². The number of benzene rings is 1. The van der Waals surface area contributed by atoms with Crippen molar-refractivity contribution in [3.63, 3.8) is 0 Å². The molecular weight excluding hydrogens is 398 g/mol. The Morgan fingerprint density at radius 1 is 1.29 bits per heavy atom. The summed E-state index contributed by atoms with van der Waals surface area (Å²) in [6.07, 6.45) is 4.21. The van der Waals surface area contributed by atoms with Crippen LogP contribution in [0.4, 0.5) is 0 Å². The van der Waals surface area contributed by atoms with Crippen LogP contribution in [0.25, 0.3) is 0 Å². The number of methoxy groups -OCH3 is 1. The maximum absolute atomic E-state index is 10.5. The number of aryl methyl sites for hydroxylation is 1. The van der Waals surface area contributed by atoms with Gasteiger partial charge >= 0.3 is 0 Å². The summed E-state index contributed by atoms with van der Waals surface area (Å²) in [6.45, 7) is 4.79. The largest absolute Gasteiger partial charge is 0.496 e. The van der Waals surface area contributed by atoms with Crippen LogP contribution in [0.2, 0.25) is 0 Å². The molecule has 1 aliphatic heterocycles. The van der Waals surface area contributed by atoms with Crippen molar-refractivity contribution in [1.82, 2.24) is 24.9 Å². The molecule has 2 atom stereocenters. The number of hydrogen-bond acceptors (Lipinski definition) is 6. The van der Waals surface area contributed by atoms with E-state index in [0.29, 0.717) is 13.1 Å². The highest BCUT2D eigenvalue weighted by Gasteiger charge is 2.31. The summed E-state index contributed by atoms with van der Waals surface area (Å²) in [5, 5.41) is 29.0. The highest BCUT2D eigenvalue weighted by molar-refractivity contribution is 5.37. The number of ether oxygens (including phenoxy) is 1. The number of aliphatic hydroxyl groups excluding tert-OH is 1. The molecule has 4 rings (SSSR count). The van der Waals surface area contributed by atoms with Crippen molar-refractivity contribution >= 4 is 6.47 Å². The van der Waals surface area contributed by atoms with Gasteiger partial charge in [-0.05, 0) is 43.2 Å². The Hall–Kier alpha value is -3.17. The molecule has 0 saturated carbocycles. The summed E-state index contributed by atoms with van der Waals surface area (Å²) in [4.78, 5) is 10.7. The summed E-state index contributed by atoms with van der Waals surface area (Å²) >= 11 is 0. The van der Waals surface area contributed by atoms with Crippen LogP contribution in [0.15, 0.2) is 42.7 Å². The van der Waals surface area contributed by atoms with E-state index in [1.807, 2.05) is 29.9 Å². The first-order valence-corrected chi connectivity index (χ1v) is 10.1. The number of nitrogens with zero attached hydrogens (tertiary/aromatic N) is 4. The van der Waals surface area contributed by atoms with E-state index in [2.05, 4.69) is 38.4 Å². The normalized spacial score (nSPS) is 18.4. The number of aliphatic hydroxyl groups is 1. The first-order valence-electron chi connectivity index (χ1n) is 10.1. The topological polar surface area (TPSA) is 117 Å². The quantitative estimate of drug-likeness (QED) is 0.492. The fraction of sp³-hybridized carbons (Fsp3) is 0.409. The highest BCUT2D eigenvalue weighted by atomic mass is 16.5. The number of hydrogen-bond donors (Lipinski definition) is 3. The molecule has 0 radical (unpaired) electrons. The molecule has 3 N–H and O–H groups in total. The van der Waals surface area contributed by atoms with Gasteiger partial charge in [0.25, 0.3) is 6.47 Å². The number of rotatable bonds is 7. The van der Waals surface area contributed by atoms with E-state index < -0.39 is 0 Å². The second-order valence-electron chi connectivity index (χ2n) is 7.72. The lowest BCUT2D eigenvalue weighted by molar-refractivity contribution is -0.122. The molecule has 1 aliphatic rings. The van der Waals surface area contributed by atoms with Gasteiger partial charge < -0.3 is 14.9 Å². The van der Waals surface area contributed by atoms with Crippen LogP contribution in [0.3, 0.4) is 0 Å². The Bertz CT molecular complexity index is 957. The second-order valence-corrected chi connectivity index (χ2v) is 7.72. The van der Waals surface area contributed by atoms with Crippen LogP contribution in [0.1, 0.15) is 22.5 Å². The summed E-state index contributed by atoms with van der Waals surface area (Å²) < 4.78 is 7.41. The molecule has 31 heavy (non-hydrogen) atoms. The minimum Gasteiger partial charge on any atom is -0.496 e. The van der Waals surface area contributed by atoms with Crippen molar-refractivity contribution in [3.05, 3.63) is 65.2 Å². The molecule has 1 aromatic carbocycles. The maximum atomic E-state index is 10.5. The minimum atomic E-state index is -0.321. The van der Waals surface area contributed by atoms with Gasteiger partial charge in [0.2, 0.25) is 0 Å². The fourth-order valence-corrected chi connectivity index (χ4v) is 4.00. The molecule has 9 nitrogen and oxygen atoms in total. The van der Waals surface area contributed by atoms with Crippen molar-refractivity contribution < 1.29 is 19.7 Å². The van der Waals surface area contributed by atoms with Gasteiger partial charge in [0.05, 0.1) is 25.5 Å². The maximum Gasteiger partial charge on any atom is 0.290 e. The molecule has 3 heterocycles. The third kappa shape index (κ3) is 6.16. The third-order valence-electron chi connectivity index (χ3n) is 5.35. The predicted molar refractivity (Wildman–Crippen MR) is 115 cm³/mol. The van der Waals surface area contributed by atoms with Gasteiger partial charge in [0.15, 0.2) is 0 Å². The van der Waals surface area contributed by atoms with E-state index in [-0.39, 0.29) is 18.5 Å². The van der Waals surface area contributed by atoms with E-state index in [1.165, 1.54) is 5.56 Å². The zero-order chi connectivity index (χ0) is 22.2. The number of nitrogens with one attached hydrogen (secondary N) is 1. The van der Waals surface area contributed by atoms with E-state index in [4.69, 9.17) is 14.6 Å². The van der Waals surface area contributed by atoms with Crippen LogP contribution in [-0.2, 0) is 24.3 Å². The van der Waals surface area contributed by atoms with Gasteiger partial charge in [0, 0.05) is 49.2 Å². The monoisotopic (exact) mass is 427 g/mol. The molecule has 3 aromatic rings. The van der Waals surface area contributed by atoms with Crippen molar-refractivity contribution in [2.45, 2.75) is 32.5 Å². The first-order chi connectivity index (χ1) is 15.0. The van der Waals surface area contributed by atoms with Crippen molar-refractivity contribution in [2.75, 3.05) is 20.2 Å². The van der Waals surface area contributed by atoms with Gasteiger partial charge in [-0.2, -0.15) is 10.2 Å². The Balaban J connectivity index is 0.000000858. The first kappa shape index (κ1) is 22.5. The smallest absolute Gasteiger partial charge is 0.290 e. The standard InChI is InChI=1S/C21H27N5O2.CH2O2/c1-15-8-19(24-23-15)10-17-12-25(14-20(17)27)11-16-4-5-21(28-2)18(9-16)13-26-7-3-6-22-26;2-1-3/h3-9,17,20,27H,10-14H2,1-2H3,(H,23,24);1H,(H,2,3)/t17-,20-;/m1./s1. The van der Waals surface area contributed by atoms with Gasteiger partial charge in [-0.25, -0.2) is 0 Å². The summed E-state index contributed by atoms with van der Waals surface area (Å²) in [5.41, 5.74) is 4.40. The molecule has 166 valence electrons. The van der Waals surface area contributed by atoms with Crippen molar-refractivity contribution in [1.29, 1.82) is 0 Å². The fourth-order valence-electron chi connectivity index (χ4n) is 4.00. The number of β-amino-alcohol motifs (C(OH)–C–C–N with tert-alkyl or cyclic N) is 1. The second kappa shape index (κ2) is 10.7. The molecule has 2 aromatic heterocycles. The summed E-state index contributed by atoms with van der Waals surface area (Å²) in [7, 11) is 1.69. The Morgan fingerprint density at radius 3 is 2.74 bits per heavy atom. The molecule has 0 unspecified atom stereocenters. The average molecular weight is 428 g/mol. The van der Waals surface area contributed by atoms with E-state index in [9.17, 15) is 5.11 Å². The lowest BCUT2D eigenvalue weighted by atomic mass is 10.0. The Morgan fingerprint density at radius 2 is 2.10 bits per heavy atom. The number of aromatic amines is 1. The minimum absolute atomic E-state index is 0.212. The molecule has 0 spiro atoms. The molecule has 1 fully saturated rings. The van der Waals surface area contributed by atoms with Gasteiger partial charge in [-0.15, -0.1) is 0 Å². The lowest BCUT2D eigenvalue weighted by Gasteiger charge is -2.17. The molecule has 0 bridgehead atoms. The third-order valence-corrected chi connectivity index (χ3v) is 5.35. The zero-order valence-corrected chi connectivity index (χ0v) is 17.8. The number of likely N-dealkylation sites (tertiary alicyclic amines) is 1. The van der Waals surface area contributed by atoms with Crippen LogP contribution >= 0.6 is 0 Å². The molecule has 1 saturated heterocycles. The van der Waals surface area contributed by atoms with E-state index in [1.54, 1.807) is 13.3 Å². The highest BCUT2D eigenvalue weighted by Crippen LogP contribution is 2.25. The van der Waals surface area contributed by atoms with Crippen molar-refractivity contribution in [2.24, 2.45) is 5.92 Å².